The molecule has 0 aliphatic carbocycles. The van der Waals surface area contributed by atoms with Crippen molar-refractivity contribution in [3.8, 4) is 0 Å². The second kappa shape index (κ2) is 3.40. The normalized spacial score (nSPS) is 25.8. The van der Waals surface area contributed by atoms with Crippen LogP contribution in [-0.2, 0) is 4.79 Å². The summed E-state index contributed by atoms with van der Waals surface area (Å²) >= 11 is 0. The highest BCUT2D eigenvalue weighted by atomic mass is 16.4. The Morgan fingerprint density at radius 1 is 1.25 bits per heavy atom. The summed E-state index contributed by atoms with van der Waals surface area (Å²) in [5, 5.41) is 9.56. The summed E-state index contributed by atoms with van der Waals surface area (Å²) in [6, 6.07) is 0. The summed E-state index contributed by atoms with van der Waals surface area (Å²) < 4.78 is 1.82. The lowest BCUT2D eigenvalue weighted by Crippen LogP contribution is -2.60. The molecule has 1 aliphatic heterocycles. The third-order valence-corrected chi connectivity index (χ3v) is 2.89. The van der Waals surface area contributed by atoms with E-state index in [4.69, 9.17) is 0 Å². The first-order chi connectivity index (χ1) is 7.03. The fraction of sp³-hybridized carbons (Fsp3) is 0.750. The van der Waals surface area contributed by atoms with Crippen LogP contribution in [0.3, 0.4) is 0 Å². The molecular formula is C12H21N2O2+. The lowest BCUT2D eigenvalue weighted by atomic mass is 9.79. The van der Waals surface area contributed by atoms with E-state index in [2.05, 4.69) is 4.99 Å². The van der Waals surface area contributed by atoms with Crippen LogP contribution in [0.4, 0.5) is 0 Å². The Bertz CT molecular complexity index is 369. The summed E-state index contributed by atoms with van der Waals surface area (Å²) in [5.74, 6) is -0.903. The Hall–Kier alpha value is -1.19. The van der Waals surface area contributed by atoms with Crippen LogP contribution in [0.1, 0.15) is 41.5 Å². The minimum absolute atomic E-state index is 0.276. The van der Waals surface area contributed by atoms with Crippen LogP contribution >= 0.6 is 0 Å². The Morgan fingerprint density at radius 2 is 1.75 bits per heavy atom. The molecule has 0 aromatic rings. The molecule has 16 heavy (non-hydrogen) atoms. The van der Waals surface area contributed by atoms with Crippen molar-refractivity contribution in [2.45, 2.75) is 52.7 Å². The smallest absolute Gasteiger partial charge is 0.401 e. The highest BCUT2D eigenvalue weighted by Gasteiger charge is 2.63. The Kier molecular flexibility index (Phi) is 2.74. The first-order valence-electron chi connectivity index (χ1n) is 5.45. The van der Waals surface area contributed by atoms with Gasteiger partial charge in [0.1, 0.15) is 0 Å². The molecule has 0 spiro atoms. The van der Waals surface area contributed by atoms with Crippen molar-refractivity contribution in [1.82, 2.24) is 0 Å². The van der Waals surface area contributed by atoms with Crippen LogP contribution in [0, 0.1) is 5.41 Å². The average molecular weight is 225 g/mol. The minimum atomic E-state index is -1.20. The highest BCUT2D eigenvalue weighted by Crippen LogP contribution is 2.39. The molecule has 0 radical (unpaired) electrons. The molecule has 1 aliphatic rings. The van der Waals surface area contributed by atoms with E-state index in [1.54, 1.807) is 12.4 Å². The molecule has 0 fully saturated rings. The lowest BCUT2D eigenvalue weighted by Gasteiger charge is -2.36. The summed E-state index contributed by atoms with van der Waals surface area (Å²) in [6.07, 6.45) is 3.35. The number of carboxylic acid groups (broad SMARTS) is 1. The second-order valence-corrected chi connectivity index (χ2v) is 6.20. The molecule has 1 unspecified atom stereocenters. The largest absolute Gasteiger partial charge is 0.474 e. The van der Waals surface area contributed by atoms with Gasteiger partial charge in [0, 0.05) is 0 Å². The molecule has 0 saturated heterocycles. The van der Waals surface area contributed by atoms with Gasteiger partial charge in [0.05, 0.1) is 11.6 Å². The number of carbonyl (C=O) groups is 1. The van der Waals surface area contributed by atoms with Gasteiger partial charge in [-0.1, -0.05) is 20.8 Å². The first-order valence-corrected chi connectivity index (χ1v) is 5.45. The van der Waals surface area contributed by atoms with Gasteiger partial charge in [-0.25, -0.2) is 9.79 Å². The lowest BCUT2D eigenvalue weighted by molar-refractivity contribution is -0.659. The number of aliphatic carboxylic acids is 1. The van der Waals surface area contributed by atoms with Gasteiger partial charge in [0.2, 0.25) is 0 Å². The summed E-state index contributed by atoms with van der Waals surface area (Å²) in [6.45, 7) is 11.7. The van der Waals surface area contributed by atoms with Crippen molar-refractivity contribution in [3.63, 3.8) is 0 Å². The molecule has 0 aromatic heterocycles. The van der Waals surface area contributed by atoms with Crippen LogP contribution in [0.25, 0.3) is 0 Å². The molecule has 1 atom stereocenters. The van der Waals surface area contributed by atoms with Crippen molar-refractivity contribution in [1.29, 1.82) is 0 Å². The highest BCUT2D eigenvalue weighted by molar-refractivity contribution is 6.16. The second-order valence-electron chi connectivity index (χ2n) is 6.20. The summed E-state index contributed by atoms with van der Waals surface area (Å²) in [5.41, 5.74) is -1.96. The fourth-order valence-electron chi connectivity index (χ4n) is 2.12. The number of nitrogens with zero attached hydrogens (tertiary/aromatic N) is 2. The molecule has 4 heteroatoms. The molecule has 4 nitrogen and oxygen atoms in total. The molecule has 0 bridgehead atoms. The van der Waals surface area contributed by atoms with E-state index in [0.29, 0.717) is 0 Å². The van der Waals surface area contributed by atoms with Crippen LogP contribution in [0.5, 0.6) is 0 Å². The van der Waals surface area contributed by atoms with Gasteiger partial charge in [0.25, 0.3) is 0 Å². The van der Waals surface area contributed by atoms with E-state index in [1.165, 1.54) is 0 Å². The SMILES string of the molecule is CC(C)(C)[N+]1=CC=NC1(C(=O)O)C(C)(C)C. The monoisotopic (exact) mass is 225 g/mol. The van der Waals surface area contributed by atoms with E-state index in [0.717, 1.165) is 0 Å². The Morgan fingerprint density at radius 3 is 2.00 bits per heavy atom. The zero-order chi connectivity index (χ0) is 12.8. The molecule has 1 N–H and O–H groups in total. The maximum Gasteiger partial charge on any atom is 0.401 e. The van der Waals surface area contributed by atoms with Crippen LogP contribution < -0.4 is 0 Å². The fourth-order valence-corrected chi connectivity index (χ4v) is 2.12. The zero-order valence-corrected chi connectivity index (χ0v) is 10.9. The van der Waals surface area contributed by atoms with E-state index >= 15 is 0 Å². The molecule has 1 rings (SSSR count). The molecule has 0 aromatic carbocycles. The van der Waals surface area contributed by atoms with Crippen LogP contribution in [-0.4, -0.2) is 39.3 Å². The zero-order valence-electron chi connectivity index (χ0n) is 10.9. The standard InChI is InChI=1S/C12H20N2O2/c1-10(2,3)12(9(15)16)13-7-8-14(12)11(4,5)6/h7-8H,1-6H3/p+1. The quantitative estimate of drug-likeness (QED) is 0.692. The molecule has 1 heterocycles. The maximum absolute atomic E-state index is 11.7. The van der Waals surface area contributed by atoms with E-state index in [9.17, 15) is 9.90 Å². The summed E-state index contributed by atoms with van der Waals surface area (Å²) in [4.78, 5) is 15.9. The number of aliphatic imine (C=N–C) groups is 1. The van der Waals surface area contributed by atoms with Crippen molar-refractivity contribution < 1.29 is 14.5 Å². The van der Waals surface area contributed by atoms with Gasteiger partial charge in [-0.2, -0.15) is 4.58 Å². The number of carboxylic acids is 1. The molecule has 0 amide bonds. The molecule has 90 valence electrons. The molecular weight excluding hydrogens is 204 g/mol. The van der Waals surface area contributed by atoms with Crippen molar-refractivity contribution >= 4 is 18.4 Å². The van der Waals surface area contributed by atoms with Gasteiger partial charge in [-0.3, -0.25) is 0 Å². The minimum Gasteiger partial charge on any atom is -0.474 e. The van der Waals surface area contributed by atoms with Gasteiger partial charge < -0.3 is 5.11 Å². The van der Waals surface area contributed by atoms with Crippen LogP contribution in [0.2, 0.25) is 0 Å². The van der Waals surface area contributed by atoms with Crippen molar-refractivity contribution in [3.05, 3.63) is 0 Å². The maximum atomic E-state index is 11.7. The first kappa shape index (κ1) is 12.9. The van der Waals surface area contributed by atoms with Crippen LogP contribution in [0.15, 0.2) is 4.99 Å². The van der Waals surface area contributed by atoms with E-state index < -0.39 is 17.0 Å². The summed E-state index contributed by atoms with van der Waals surface area (Å²) in [7, 11) is 0. The number of rotatable bonds is 1. The number of hydrogen-bond acceptors (Lipinski definition) is 2. The predicted molar refractivity (Wildman–Crippen MR) is 64.4 cm³/mol. The molecule has 0 saturated carbocycles. The third-order valence-electron chi connectivity index (χ3n) is 2.89. The predicted octanol–water partition coefficient (Wildman–Crippen LogP) is 1.78. The third kappa shape index (κ3) is 1.66. The van der Waals surface area contributed by atoms with Gasteiger partial charge in [-0.05, 0) is 20.8 Å². The van der Waals surface area contributed by atoms with E-state index in [-0.39, 0.29) is 5.54 Å². The van der Waals surface area contributed by atoms with Gasteiger partial charge >= 0.3 is 11.6 Å². The number of hydrogen-bond donors (Lipinski definition) is 1. The average Bonchev–Trinajstić information content (AvgIpc) is 2.44. The van der Waals surface area contributed by atoms with Gasteiger partial charge in [0.15, 0.2) is 11.8 Å². The van der Waals surface area contributed by atoms with Crippen molar-refractivity contribution in [2.24, 2.45) is 10.4 Å². The Balaban J connectivity index is 3.41. The van der Waals surface area contributed by atoms with Crippen molar-refractivity contribution in [2.75, 3.05) is 0 Å². The topological polar surface area (TPSA) is 52.7 Å². The Labute approximate surface area is 96.7 Å². The van der Waals surface area contributed by atoms with E-state index in [1.807, 2.05) is 46.1 Å². The van der Waals surface area contributed by atoms with Gasteiger partial charge in [-0.15, -0.1) is 0 Å².